The van der Waals surface area contributed by atoms with E-state index < -0.39 is 0 Å². The third-order valence-electron chi connectivity index (χ3n) is 3.22. The van der Waals surface area contributed by atoms with Crippen LogP contribution < -0.4 is 4.74 Å². The van der Waals surface area contributed by atoms with Gasteiger partial charge in [0.2, 0.25) is 0 Å². The lowest BCUT2D eigenvalue weighted by Crippen LogP contribution is -1.90. The number of nitrogens with zero attached hydrogens (tertiary/aromatic N) is 1. The molecule has 0 radical (unpaired) electrons. The summed E-state index contributed by atoms with van der Waals surface area (Å²) in [6.07, 6.45) is 0. The average Bonchev–Trinajstić information content (AvgIpc) is 2.48. The Labute approximate surface area is 136 Å². The molecule has 0 aliphatic rings. The highest BCUT2D eigenvalue weighted by atomic mass is 79.9. The summed E-state index contributed by atoms with van der Waals surface area (Å²) < 4.78 is 6.94. The van der Waals surface area contributed by atoms with Crippen LogP contribution in [0.5, 0.6) is 11.5 Å². The minimum atomic E-state index is 0.468. The van der Waals surface area contributed by atoms with Gasteiger partial charge in [-0.2, -0.15) is 0 Å². The molecular formula is C17H13BrClNO. The molecule has 3 aromatic rings. The number of alkyl halides is 1. The highest BCUT2D eigenvalue weighted by Gasteiger charge is 2.07. The van der Waals surface area contributed by atoms with Gasteiger partial charge < -0.3 is 4.74 Å². The third kappa shape index (κ3) is 3.04. The lowest BCUT2D eigenvalue weighted by atomic mass is 10.2. The van der Waals surface area contributed by atoms with E-state index in [0.717, 1.165) is 38.1 Å². The molecule has 0 spiro atoms. The van der Waals surface area contributed by atoms with Crippen molar-refractivity contribution in [3.63, 3.8) is 0 Å². The van der Waals surface area contributed by atoms with E-state index >= 15 is 0 Å². The van der Waals surface area contributed by atoms with Crippen molar-refractivity contribution in [2.75, 3.05) is 0 Å². The van der Waals surface area contributed by atoms with E-state index in [1.54, 1.807) is 0 Å². The Bertz CT molecular complexity index is 804. The highest BCUT2D eigenvalue weighted by Crippen LogP contribution is 2.31. The minimum Gasteiger partial charge on any atom is -0.455 e. The van der Waals surface area contributed by atoms with E-state index in [4.69, 9.17) is 16.3 Å². The van der Waals surface area contributed by atoms with Crippen molar-refractivity contribution in [3.8, 4) is 11.5 Å². The Kier molecular flexibility index (Phi) is 4.13. The molecule has 2 aromatic carbocycles. The van der Waals surface area contributed by atoms with Gasteiger partial charge in [-0.1, -0.05) is 40.2 Å². The van der Waals surface area contributed by atoms with Gasteiger partial charge in [0.15, 0.2) is 5.75 Å². The SMILES string of the molecule is Cc1ccc2cccc(Oc3ccc(CCl)c(Br)c3)c2n1. The molecule has 21 heavy (non-hydrogen) atoms. The standard InChI is InChI=1S/C17H13BrClNO/c1-11-5-6-12-3-2-4-16(17(12)20-11)21-14-8-7-13(10-19)15(18)9-14/h2-9H,10H2,1H3. The van der Waals surface area contributed by atoms with Crippen LogP contribution in [0.1, 0.15) is 11.3 Å². The molecule has 0 aliphatic heterocycles. The molecular weight excluding hydrogens is 350 g/mol. The highest BCUT2D eigenvalue weighted by molar-refractivity contribution is 9.10. The second kappa shape index (κ2) is 6.04. The maximum Gasteiger partial charge on any atom is 0.153 e. The number of ether oxygens (including phenoxy) is 1. The van der Waals surface area contributed by atoms with E-state index in [9.17, 15) is 0 Å². The van der Waals surface area contributed by atoms with Crippen molar-refractivity contribution in [3.05, 3.63) is 64.3 Å². The fourth-order valence-electron chi connectivity index (χ4n) is 2.13. The molecule has 1 heterocycles. The van der Waals surface area contributed by atoms with Crippen LogP contribution in [0.15, 0.2) is 53.0 Å². The predicted octanol–water partition coefficient (Wildman–Crippen LogP) is 5.84. The maximum atomic E-state index is 5.99. The first-order chi connectivity index (χ1) is 10.2. The summed E-state index contributed by atoms with van der Waals surface area (Å²) >= 11 is 9.36. The summed E-state index contributed by atoms with van der Waals surface area (Å²) in [5.74, 6) is 1.98. The monoisotopic (exact) mass is 361 g/mol. The molecule has 1 aromatic heterocycles. The van der Waals surface area contributed by atoms with Crippen molar-refractivity contribution in [1.82, 2.24) is 4.98 Å². The lowest BCUT2D eigenvalue weighted by molar-refractivity contribution is 0.486. The van der Waals surface area contributed by atoms with Gasteiger partial charge in [-0.05, 0) is 36.8 Å². The van der Waals surface area contributed by atoms with Crippen LogP contribution in [0, 0.1) is 6.92 Å². The Hall–Kier alpha value is -1.58. The van der Waals surface area contributed by atoms with Gasteiger partial charge in [-0.25, -0.2) is 4.98 Å². The normalized spacial score (nSPS) is 10.8. The number of halogens is 2. The molecule has 0 bridgehead atoms. The van der Waals surface area contributed by atoms with Crippen LogP contribution in [-0.4, -0.2) is 4.98 Å². The Morgan fingerprint density at radius 1 is 1.14 bits per heavy atom. The van der Waals surface area contributed by atoms with Crippen molar-refractivity contribution in [1.29, 1.82) is 0 Å². The van der Waals surface area contributed by atoms with Crippen LogP contribution in [-0.2, 0) is 5.88 Å². The zero-order valence-corrected chi connectivity index (χ0v) is 13.8. The summed E-state index contributed by atoms with van der Waals surface area (Å²) in [7, 11) is 0. The van der Waals surface area contributed by atoms with Gasteiger partial charge in [-0.3, -0.25) is 0 Å². The molecule has 2 nitrogen and oxygen atoms in total. The number of benzene rings is 2. The number of para-hydroxylation sites is 1. The molecule has 0 amide bonds. The van der Waals surface area contributed by atoms with Crippen LogP contribution in [0.2, 0.25) is 0 Å². The Balaban J connectivity index is 2.01. The molecule has 0 aliphatic carbocycles. The van der Waals surface area contributed by atoms with E-state index in [2.05, 4.69) is 27.0 Å². The van der Waals surface area contributed by atoms with E-state index in [1.807, 2.05) is 49.4 Å². The van der Waals surface area contributed by atoms with Crippen molar-refractivity contribution in [2.45, 2.75) is 12.8 Å². The van der Waals surface area contributed by atoms with Gasteiger partial charge >= 0.3 is 0 Å². The Morgan fingerprint density at radius 3 is 2.76 bits per heavy atom. The van der Waals surface area contributed by atoms with Crippen LogP contribution in [0.25, 0.3) is 10.9 Å². The van der Waals surface area contributed by atoms with E-state index in [0.29, 0.717) is 5.88 Å². The van der Waals surface area contributed by atoms with E-state index in [-0.39, 0.29) is 0 Å². The number of fused-ring (bicyclic) bond motifs is 1. The minimum absolute atomic E-state index is 0.468. The fourth-order valence-corrected chi connectivity index (χ4v) is 3.02. The molecule has 3 rings (SSSR count). The summed E-state index contributed by atoms with van der Waals surface area (Å²) in [4.78, 5) is 4.57. The lowest BCUT2D eigenvalue weighted by Gasteiger charge is -2.10. The maximum absolute atomic E-state index is 5.99. The third-order valence-corrected chi connectivity index (χ3v) is 4.24. The molecule has 4 heteroatoms. The zero-order valence-electron chi connectivity index (χ0n) is 11.4. The van der Waals surface area contributed by atoms with Crippen LogP contribution in [0.4, 0.5) is 0 Å². The van der Waals surface area contributed by atoms with Gasteiger partial charge in [0, 0.05) is 21.4 Å². The first-order valence-electron chi connectivity index (χ1n) is 6.56. The number of hydrogen-bond acceptors (Lipinski definition) is 2. The second-order valence-corrected chi connectivity index (χ2v) is 5.89. The number of aryl methyl sites for hydroxylation is 1. The summed E-state index contributed by atoms with van der Waals surface area (Å²) in [5.41, 5.74) is 2.88. The average molecular weight is 363 g/mol. The summed E-state index contributed by atoms with van der Waals surface area (Å²) in [5, 5.41) is 1.06. The number of rotatable bonds is 3. The molecule has 106 valence electrons. The summed E-state index contributed by atoms with van der Waals surface area (Å²) in [6.45, 7) is 1.97. The number of pyridine rings is 1. The molecule has 0 fully saturated rings. The first kappa shape index (κ1) is 14.4. The van der Waals surface area contributed by atoms with Gasteiger partial charge in [0.25, 0.3) is 0 Å². The van der Waals surface area contributed by atoms with Crippen LogP contribution in [0.3, 0.4) is 0 Å². The first-order valence-corrected chi connectivity index (χ1v) is 7.89. The fraction of sp³-hybridized carbons (Fsp3) is 0.118. The van der Waals surface area contributed by atoms with Crippen molar-refractivity contribution in [2.24, 2.45) is 0 Å². The quantitative estimate of drug-likeness (QED) is 0.546. The molecule has 0 saturated heterocycles. The van der Waals surface area contributed by atoms with Gasteiger partial charge in [0.1, 0.15) is 11.3 Å². The molecule has 0 saturated carbocycles. The van der Waals surface area contributed by atoms with Crippen molar-refractivity contribution >= 4 is 38.4 Å². The van der Waals surface area contributed by atoms with Crippen LogP contribution >= 0.6 is 27.5 Å². The van der Waals surface area contributed by atoms with E-state index in [1.165, 1.54) is 0 Å². The number of hydrogen-bond donors (Lipinski definition) is 0. The Morgan fingerprint density at radius 2 is 2.00 bits per heavy atom. The largest absolute Gasteiger partial charge is 0.455 e. The molecule has 0 N–H and O–H groups in total. The topological polar surface area (TPSA) is 22.1 Å². The molecule has 0 atom stereocenters. The van der Waals surface area contributed by atoms with Crippen molar-refractivity contribution < 1.29 is 4.74 Å². The molecule has 0 unspecified atom stereocenters. The van der Waals surface area contributed by atoms with Gasteiger partial charge in [0.05, 0.1) is 0 Å². The second-order valence-electron chi connectivity index (χ2n) is 4.77. The summed E-state index contributed by atoms with van der Waals surface area (Å²) in [6, 6.07) is 15.8. The number of aromatic nitrogens is 1. The smallest absolute Gasteiger partial charge is 0.153 e. The zero-order chi connectivity index (χ0) is 14.8. The predicted molar refractivity (Wildman–Crippen MR) is 90.3 cm³/mol. The van der Waals surface area contributed by atoms with Gasteiger partial charge in [-0.15, -0.1) is 11.6 Å².